The summed E-state index contributed by atoms with van der Waals surface area (Å²) in [6.07, 6.45) is -2.24. The number of rotatable bonds is 7. The Morgan fingerprint density at radius 1 is 1.19 bits per heavy atom. The van der Waals surface area contributed by atoms with Crippen LogP contribution in [0.1, 0.15) is 24.0 Å². The van der Waals surface area contributed by atoms with Gasteiger partial charge in [-0.25, -0.2) is 0 Å². The Balaban J connectivity index is 0.00000364. The lowest BCUT2D eigenvalue weighted by Gasteiger charge is -2.26. The smallest absolute Gasteiger partial charge is 0.379 e. The van der Waals surface area contributed by atoms with Crippen molar-refractivity contribution in [1.82, 2.24) is 15.5 Å². The molecule has 1 saturated heterocycles. The Bertz CT molecular complexity index is 578. The number of aliphatic imine (C=N–C) groups is 1. The molecule has 0 saturated carbocycles. The van der Waals surface area contributed by atoms with Crippen LogP contribution in [0.5, 0.6) is 0 Å². The minimum atomic E-state index is -4.32. The number of nitrogens with zero attached hydrogens (tertiary/aromatic N) is 2. The van der Waals surface area contributed by atoms with Gasteiger partial charge in [-0.05, 0) is 37.1 Å². The average molecular weight is 500 g/mol. The number of alkyl halides is 3. The molecule has 1 aliphatic heterocycles. The molecule has 2 N–H and O–H groups in total. The quantitative estimate of drug-likeness (QED) is 0.262. The number of unbranched alkanes of at least 4 members (excludes halogenated alkanes) is 1. The van der Waals surface area contributed by atoms with Gasteiger partial charge in [0.2, 0.25) is 0 Å². The zero-order chi connectivity index (χ0) is 18.8. The number of morpholine rings is 1. The van der Waals surface area contributed by atoms with Gasteiger partial charge in [-0.2, -0.15) is 13.2 Å². The molecule has 2 rings (SSSR count). The molecule has 0 aliphatic carbocycles. The highest BCUT2D eigenvalue weighted by molar-refractivity contribution is 14.0. The van der Waals surface area contributed by atoms with Crippen molar-refractivity contribution in [2.24, 2.45) is 4.99 Å². The van der Waals surface area contributed by atoms with Crippen molar-refractivity contribution in [3.05, 3.63) is 35.4 Å². The van der Waals surface area contributed by atoms with E-state index in [-0.39, 0.29) is 30.5 Å². The third-order valence-corrected chi connectivity index (χ3v) is 4.24. The molecular formula is C18H28F3IN4O. The van der Waals surface area contributed by atoms with Crippen LogP contribution in [0.4, 0.5) is 13.2 Å². The average Bonchev–Trinajstić information content (AvgIpc) is 2.64. The van der Waals surface area contributed by atoms with Crippen LogP contribution in [0.3, 0.4) is 0 Å². The van der Waals surface area contributed by atoms with Crippen molar-refractivity contribution in [2.75, 3.05) is 46.4 Å². The summed E-state index contributed by atoms with van der Waals surface area (Å²) in [4.78, 5) is 6.50. The van der Waals surface area contributed by atoms with E-state index < -0.39 is 11.7 Å². The van der Waals surface area contributed by atoms with Gasteiger partial charge in [-0.1, -0.05) is 12.1 Å². The molecule has 27 heavy (non-hydrogen) atoms. The molecule has 0 atom stereocenters. The van der Waals surface area contributed by atoms with Gasteiger partial charge in [0.15, 0.2) is 5.96 Å². The maximum absolute atomic E-state index is 12.7. The van der Waals surface area contributed by atoms with Crippen LogP contribution in [0, 0.1) is 0 Å². The van der Waals surface area contributed by atoms with E-state index in [2.05, 4.69) is 20.5 Å². The second kappa shape index (κ2) is 12.4. The van der Waals surface area contributed by atoms with E-state index in [0.29, 0.717) is 11.5 Å². The van der Waals surface area contributed by atoms with E-state index >= 15 is 0 Å². The summed E-state index contributed by atoms with van der Waals surface area (Å²) in [7, 11) is 1.65. The Hall–Kier alpha value is -1.07. The fourth-order valence-corrected chi connectivity index (χ4v) is 2.76. The molecule has 0 amide bonds. The van der Waals surface area contributed by atoms with E-state index in [1.54, 1.807) is 13.1 Å². The van der Waals surface area contributed by atoms with Crippen LogP contribution in [-0.4, -0.2) is 57.3 Å². The van der Waals surface area contributed by atoms with Crippen LogP contribution in [0.25, 0.3) is 0 Å². The highest BCUT2D eigenvalue weighted by atomic mass is 127. The number of hydrogen-bond donors (Lipinski definition) is 2. The summed E-state index contributed by atoms with van der Waals surface area (Å²) in [6, 6.07) is 5.31. The van der Waals surface area contributed by atoms with Crippen LogP contribution < -0.4 is 10.6 Å². The van der Waals surface area contributed by atoms with Gasteiger partial charge in [0, 0.05) is 33.2 Å². The molecule has 0 unspecified atom stereocenters. The molecule has 1 aromatic rings. The van der Waals surface area contributed by atoms with Gasteiger partial charge >= 0.3 is 6.18 Å². The predicted molar refractivity (Wildman–Crippen MR) is 112 cm³/mol. The summed E-state index contributed by atoms with van der Waals surface area (Å²) in [5.74, 6) is 0.591. The molecule has 1 heterocycles. The fourth-order valence-electron chi connectivity index (χ4n) is 2.76. The Morgan fingerprint density at radius 3 is 2.59 bits per heavy atom. The lowest BCUT2D eigenvalue weighted by Crippen LogP contribution is -2.38. The predicted octanol–water partition coefficient (Wildman–Crippen LogP) is 3.10. The molecule has 9 heteroatoms. The molecule has 154 valence electrons. The summed E-state index contributed by atoms with van der Waals surface area (Å²) in [5, 5.41) is 6.24. The van der Waals surface area contributed by atoms with E-state index in [9.17, 15) is 13.2 Å². The topological polar surface area (TPSA) is 48.9 Å². The molecule has 0 bridgehead atoms. The van der Waals surface area contributed by atoms with Gasteiger partial charge < -0.3 is 15.4 Å². The molecule has 0 spiro atoms. The second-order valence-corrected chi connectivity index (χ2v) is 6.21. The zero-order valence-electron chi connectivity index (χ0n) is 15.5. The van der Waals surface area contributed by atoms with Crippen molar-refractivity contribution < 1.29 is 17.9 Å². The van der Waals surface area contributed by atoms with Crippen LogP contribution in [-0.2, 0) is 17.5 Å². The first kappa shape index (κ1) is 24.0. The summed E-state index contributed by atoms with van der Waals surface area (Å²) >= 11 is 0. The summed E-state index contributed by atoms with van der Waals surface area (Å²) in [6.45, 7) is 5.72. The first-order chi connectivity index (χ1) is 12.5. The van der Waals surface area contributed by atoms with E-state index in [1.807, 2.05) is 0 Å². The van der Waals surface area contributed by atoms with Crippen molar-refractivity contribution in [1.29, 1.82) is 0 Å². The zero-order valence-corrected chi connectivity index (χ0v) is 17.8. The van der Waals surface area contributed by atoms with Crippen molar-refractivity contribution >= 4 is 29.9 Å². The molecule has 1 fully saturated rings. The molecular weight excluding hydrogens is 472 g/mol. The SMILES string of the molecule is CN=C(NCCCCN1CCOCC1)NCc1cccc(C(F)(F)F)c1.I. The minimum Gasteiger partial charge on any atom is -0.379 e. The van der Waals surface area contributed by atoms with Crippen molar-refractivity contribution in [2.45, 2.75) is 25.6 Å². The molecule has 1 aromatic carbocycles. The maximum Gasteiger partial charge on any atom is 0.416 e. The lowest BCUT2D eigenvalue weighted by molar-refractivity contribution is -0.137. The largest absolute Gasteiger partial charge is 0.416 e. The van der Waals surface area contributed by atoms with Gasteiger partial charge in [0.25, 0.3) is 0 Å². The summed E-state index contributed by atoms with van der Waals surface area (Å²) in [5.41, 5.74) is -0.0713. The highest BCUT2D eigenvalue weighted by Crippen LogP contribution is 2.29. The third-order valence-electron chi connectivity index (χ3n) is 4.24. The van der Waals surface area contributed by atoms with Crippen LogP contribution in [0.2, 0.25) is 0 Å². The second-order valence-electron chi connectivity index (χ2n) is 6.21. The minimum absolute atomic E-state index is 0. The van der Waals surface area contributed by atoms with Crippen molar-refractivity contribution in [3.63, 3.8) is 0 Å². The number of nitrogens with one attached hydrogen (secondary N) is 2. The standard InChI is InChI=1S/C18H27F3N4O.HI/c1-22-17(23-7-2-3-8-25-9-11-26-12-10-25)24-14-15-5-4-6-16(13-15)18(19,20)21;/h4-6,13H,2-3,7-12,14H2,1H3,(H2,22,23,24);1H. The molecule has 1 aliphatic rings. The van der Waals surface area contributed by atoms with Gasteiger partial charge in [-0.15, -0.1) is 24.0 Å². The highest BCUT2D eigenvalue weighted by Gasteiger charge is 2.30. The van der Waals surface area contributed by atoms with E-state index in [0.717, 1.165) is 64.4 Å². The molecule has 0 aromatic heterocycles. The fraction of sp³-hybridized carbons (Fsp3) is 0.611. The number of ether oxygens (including phenoxy) is 1. The first-order valence-electron chi connectivity index (χ1n) is 8.90. The third kappa shape index (κ3) is 9.11. The Morgan fingerprint density at radius 2 is 1.93 bits per heavy atom. The van der Waals surface area contributed by atoms with E-state index in [4.69, 9.17) is 4.74 Å². The first-order valence-corrected chi connectivity index (χ1v) is 8.90. The van der Waals surface area contributed by atoms with E-state index in [1.165, 1.54) is 6.07 Å². The van der Waals surface area contributed by atoms with Crippen molar-refractivity contribution in [3.8, 4) is 0 Å². The number of halogens is 4. The number of benzene rings is 1. The van der Waals surface area contributed by atoms with Gasteiger partial charge in [0.1, 0.15) is 0 Å². The van der Waals surface area contributed by atoms with Crippen LogP contribution >= 0.6 is 24.0 Å². The Kier molecular flexibility index (Phi) is 11.0. The van der Waals surface area contributed by atoms with Gasteiger partial charge in [-0.3, -0.25) is 9.89 Å². The monoisotopic (exact) mass is 500 g/mol. The summed E-state index contributed by atoms with van der Waals surface area (Å²) < 4.78 is 43.5. The number of hydrogen-bond acceptors (Lipinski definition) is 3. The Labute approximate surface area is 175 Å². The number of guanidine groups is 1. The molecule has 0 radical (unpaired) electrons. The molecule has 5 nitrogen and oxygen atoms in total. The maximum atomic E-state index is 12.7. The normalized spacial score (nSPS) is 15.9. The van der Waals surface area contributed by atoms with Gasteiger partial charge in [0.05, 0.1) is 18.8 Å². The van der Waals surface area contributed by atoms with Crippen LogP contribution in [0.15, 0.2) is 29.3 Å². The lowest BCUT2D eigenvalue weighted by atomic mass is 10.1.